The van der Waals surface area contributed by atoms with E-state index in [2.05, 4.69) is 0 Å². The molecule has 1 nitrogen and oxygen atoms in total. The lowest BCUT2D eigenvalue weighted by Crippen LogP contribution is -2.51. The van der Waals surface area contributed by atoms with Gasteiger partial charge in [-0.15, -0.1) is 0 Å². The smallest absolute Gasteiger partial charge is 0.391 e. The highest BCUT2D eigenvalue weighted by Crippen LogP contribution is 2.47. The summed E-state index contributed by atoms with van der Waals surface area (Å²) in [7, 11) is 0. The van der Waals surface area contributed by atoms with E-state index in [1.165, 1.54) is 0 Å². The molecule has 0 aromatic heterocycles. The summed E-state index contributed by atoms with van der Waals surface area (Å²) in [4.78, 5) is 0. The fourth-order valence-corrected chi connectivity index (χ4v) is 1.01. The zero-order valence-corrected chi connectivity index (χ0v) is 8.91. The summed E-state index contributed by atoms with van der Waals surface area (Å²) in [6, 6.07) is 0. The highest BCUT2D eigenvalue weighted by Gasteiger charge is 2.71. The van der Waals surface area contributed by atoms with Gasteiger partial charge in [0.1, 0.15) is 0 Å². The van der Waals surface area contributed by atoms with Crippen molar-refractivity contribution >= 4 is 22.6 Å². The van der Waals surface area contributed by atoms with Gasteiger partial charge in [-0.2, -0.15) is 26.3 Å². The molecule has 0 aromatic carbocycles. The van der Waals surface area contributed by atoms with Gasteiger partial charge >= 0.3 is 18.0 Å². The lowest BCUT2D eigenvalue weighted by molar-refractivity contribution is -0.322. The maximum atomic E-state index is 12.8. The minimum Gasteiger partial charge on any atom is -0.391 e. The van der Waals surface area contributed by atoms with E-state index in [9.17, 15) is 30.7 Å². The molecule has 0 heterocycles. The van der Waals surface area contributed by atoms with Crippen LogP contribution in [0.25, 0.3) is 0 Å². The molecule has 0 radical (unpaired) electrons. The van der Waals surface area contributed by atoms with Crippen LogP contribution < -0.4 is 0 Å². The molecule has 0 atom stereocenters. The number of hydrogen-bond donors (Lipinski definition) is 1. The molecule has 1 N–H and O–H groups in total. The Morgan fingerprint density at radius 2 is 1.33 bits per heavy atom. The second-order valence-electron chi connectivity index (χ2n) is 2.46. The van der Waals surface area contributed by atoms with E-state index < -0.39 is 34.3 Å². The fraction of sp³-hybridized carbons (Fsp3) is 0.667. The highest BCUT2D eigenvalue weighted by molar-refractivity contribution is 14.1. The Hall–Kier alpha value is -0.0600. The van der Waals surface area contributed by atoms with E-state index in [1.807, 2.05) is 0 Å². The van der Waals surface area contributed by atoms with Crippen LogP contribution in [0.1, 0.15) is 0 Å². The van der Waals surface area contributed by atoms with Gasteiger partial charge in [0.15, 0.2) is 0 Å². The van der Waals surface area contributed by atoms with Gasteiger partial charge in [0.2, 0.25) is 0 Å². The van der Waals surface area contributed by atoms with Gasteiger partial charge in [0, 0.05) is 3.58 Å². The first-order valence-corrected chi connectivity index (χ1v) is 4.34. The van der Waals surface area contributed by atoms with E-state index in [0.717, 1.165) is 22.6 Å². The van der Waals surface area contributed by atoms with Gasteiger partial charge in [-0.3, -0.25) is 0 Å². The van der Waals surface area contributed by atoms with Gasteiger partial charge < -0.3 is 5.11 Å². The minimum atomic E-state index is -6.11. The first kappa shape index (κ1) is 14.9. The van der Waals surface area contributed by atoms with Crippen LogP contribution in [0.5, 0.6) is 0 Å². The monoisotopic (exact) mass is 352 g/mol. The summed E-state index contributed by atoms with van der Waals surface area (Å²) in [6.45, 7) is -1.10. The van der Waals surface area contributed by atoms with Gasteiger partial charge in [0.25, 0.3) is 0 Å². The Labute approximate surface area is 93.1 Å². The summed E-state index contributed by atoms with van der Waals surface area (Å²) in [5, 5.41) is 8.25. The molecule has 0 spiro atoms. The van der Waals surface area contributed by atoms with Crippen LogP contribution in [0.2, 0.25) is 0 Å². The number of allylic oxidation sites excluding steroid dienone is 1. The minimum absolute atomic E-state index is 0.687. The van der Waals surface area contributed by atoms with Crippen LogP contribution in [0.15, 0.2) is 9.66 Å². The zero-order valence-electron chi connectivity index (χ0n) is 6.76. The molecule has 0 saturated heterocycles. The zero-order chi connectivity index (χ0) is 12.5. The largest absolute Gasteiger partial charge is 0.435 e. The third kappa shape index (κ3) is 3.20. The summed E-state index contributed by atoms with van der Waals surface area (Å²) < 4.78 is 83.2. The second-order valence-corrected chi connectivity index (χ2v) is 3.84. The second kappa shape index (κ2) is 4.44. The summed E-state index contributed by atoms with van der Waals surface area (Å²) in [5.74, 6) is 0. The molecule has 90 valence electrons. The van der Waals surface area contributed by atoms with Crippen molar-refractivity contribution in [2.75, 3.05) is 6.61 Å². The summed E-state index contributed by atoms with van der Waals surface area (Å²) in [6.07, 6.45) is -12.9. The molecule has 0 rings (SSSR count). The Kier molecular flexibility index (Phi) is 4.42. The van der Waals surface area contributed by atoms with Crippen LogP contribution >= 0.6 is 22.6 Å². The number of aliphatic hydroxyl groups excluding tert-OH is 1. The van der Waals surface area contributed by atoms with Crippen LogP contribution in [0.3, 0.4) is 0 Å². The van der Waals surface area contributed by atoms with Crippen molar-refractivity contribution in [3.05, 3.63) is 9.66 Å². The van der Waals surface area contributed by atoms with Crippen molar-refractivity contribution in [2.24, 2.45) is 0 Å². The SMILES string of the molecule is OCC(I)=CC(F)(C(F)(F)F)C(F)(F)F. The number of alkyl halides is 7. The first-order valence-electron chi connectivity index (χ1n) is 3.26. The third-order valence-electron chi connectivity index (χ3n) is 1.33. The molecular weight excluding hydrogens is 348 g/mol. The maximum absolute atomic E-state index is 12.8. The van der Waals surface area contributed by atoms with Gasteiger partial charge in [0.05, 0.1) is 6.61 Å². The molecule has 0 bridgehead atoms. The molecule has 0 aliphatic rings. The van der Waals surface area contributed by atoms with Crippen LogP contribution in [0.4, 0.5) is 30.7 Å². The number of rotatable bonds is 2. The predicted octanol–water partition coefficient (Wildman–Crippen LogP) is 3.13. The van der Waals surface area contributed by atoms with Crippen molar-refractivity contribution in [3.63, 3.8) is 0 Å². The molecule has 0 unspecified atom stereocenters. The molecule has 0 aliphatic carbocycles. The van der Waals surface area contributed by atoms with Crippen molar-refractivity contribution in [2.45, 2.75) is 18.0 Å². The lowest BCUT2D eigenvalue weighted by Gasteiger charge is -2.27. The first-order chi connectivity index (χ1) is 6.45. The van der Waals surface area contributed by atoms with Crippen LogP contribution in [-0.4, -0.2) is 29.7 Å². The average Bonchev–Trinajstić information content (AvgIpc) is 1.99. The molecule has 15 heavy (non-hydrogen) atoms. The van der Waals surface area contributed by atoms with Gasteiger partial charge in [-0.25, -0.2) is 4.39 Å². The number of halogens is 8. The van der Waals surface area contributed by atoms with Crippen molar-refractivity contribution < 1.29 is 35.8 Å². The quantitative estimate of drug-likeness (QED) is 0.598. The molecule has 0 fully saturated rings. The predicted molar refractivity (Wildman–Crippen MR) is 45.1 cm³/mol. The van der Waals surface area contributed by atoms with E-state index in [1.54, 1.807) is 0 Å². The normalized spacial score (nSPS) is 15.7. The molecule has 0 aliphatic heterocycles. The summed E-state index contributed by atoms with van der Waals surface area (Å²) in [5.41, 5.74) is -5.43. The van der Waals surface area contributed by atoms with E-state index in [4.69, 9.17) is 5.11 Å². The Bertz CT molecular complexity index is 239. The highest BCUT2D eigenvalue weighted by atomic mass is 127. The van der Waals surface area contributed by atoms with Gasteiger partial charge in [-0.1, -0.05) is 0 Å². The van der Waals surface area contributed by atoms with E-state index in [-0.39, 0.29) is 0 Å². The Balaban J connectivity index is 5.44. The van der Waals surface area contributed by atoms with E-state index in [0.29, 0.717) is 0 Å². The Morgan fingerprint density at radius 1 is 1.00 bits per heavy atom. The molecule has 0 amide bonds. The standard InChI is InChI=1S/C6H4F7IO/c7-4(5(8,9)10,6(11,12)13)1-3(14)2-15/h1,15H,2H2. The third-order valence-corrected chi connectivity index (χ3v) is 1.98. The molecular formula is C6H4F7IO. The molecule has 9 heteroatoms. The van der Waals surface area contributed by atoms with Crippen LogP contribution in [0, 0.1) is 0 Å². The molecule has 0 aromatic rings. The Morgan fingerprint density at radius 3 is 1.53 bits per heavy atom. The number of hydrogen-bond acceptors (Lipinski definition) is 1. The van der Waals surface area contributed by atoms with Gasteiger partial charge in [-0.05, 0) is 28.7 Å². The van der Waals surface area contributed by atoms with Crippen molar-refractivity contribution in [3.8, 4) is 0 Å². The fourth-order valence-electron chi connectivity index (χ4n) is 0.586. The molecule has 0 saturated carbocycles. The topological polar surface area (TPSA) is 20.2 Å². The summed E-state index contributed by atoms with van der Waals surface area (Å²) >= 11 is 0.982. The lowest BCUT2D eigenvalue weighted by atomic mass is 10.0. The van der Waals surface area contributed by atoms with Crippen molar-refractivity contribution in [1.29, 1.82) is 0 Å². The van der Waals surface area contributed by atoms with Crippen molar-refractivity contribution in [1.82, 2.24) is 0 Å². The average molecular weight is 352 g/mol. The maximum Gasteiger partial charge on any atom is 0.435 e. The van der Waals surface area contributed by atoms with E-state index >= 15 is 0 Å². The van der Waals surface area contributed by atoms with Crippen LogP contribution in [-0.2, 0) is 0 Å². The number of aliphatic hydroxyl groups is 1.